The second-order valence-electron chi connectivity index (χ2n) is 5.51. The van der Waals surface area contributed by atoms with Crippen LogP contribution in [0.1, 0.15) is 37.0 Å². The fraction of sp³-hybridized carbons (Fsp3) is 0.350. The van der Waals surface area contributed by atoms with E-state index >= 15 is 0 Å². The molecule has 2 aromatic carbocycles. The highest BCUT2D eigenvalue weighted by Crippen LogP contribution is 2.31. The molecule has 0 bridgehead atoms. The monoisotopic (exact) mass is 344 g/mol. The van der Waals surface area contributed by atoms with Crippen molar-refractivity contribution in [1.82, 2.24) is 0 Å². The first-order valence-corrected chi connectivity index (χ1v) is 9.40. The number of ether oxygens (including phenoxy) is 2. The van der Waals surface area contributed by atoms with E-state index in [2.05, 4.69) is 19.1 Å². The Hall–Kier alpha value is -1.94. The van der Waals surface area contributed by atoms with E-state index in [1.807, 2.05) is 37.4 Å². The molecule has 128 valence electrons. The van der Waals surface area contributed by atoms with Crippen molar-refractivity contribution in [1.29, 1.82) is 0 Å². The zero-order valence-electron chi connectivity index (χ0n) is 14.7. The summed E-state index contributed by atoms with van der Waals surface area (Å²) in [5.41, 5.74) is 3.32. The number of thioether (sulfide) groups is 1. The summed E-state index contributed by atoms with van der Waals surface area (Å²) in [6, 6.07) is 12.0. The summed E-state index contributed by atoms with van der Waals surface area (Å²) >= 11 is 1.62. The molecule has 0 aliphatic rings. The maximum atomic E-state index is 11.7. The summed E-state index contributed by atoms with van der Waals surface area (Å²) in [4.78, 5) is 12.7. The Bertz CT molecular complexity index is 710. The van der Waals surface area contributed by atoms with E-state index in [0.717, 1.165) is 28.2 Å². The molecule has 0 spiro atoms. The van der Waals surface area contributed by atoms with Crippen LogP contribution >= 0.6 is 11.8 Å². The van der Waals surface area contributed by atoms with Crippen molar-refractivity contribution < 1.29 is 14.3 Å². The molecule has 0 amide bonds. The quantitative estimate of drug-likeness (QED) is 0.394. The zero-order valence-corrected chi connectivity index (χ0v) is 15.5. The average molecular weight is 344 g/mol. The molecule has 0 saturated heterocycles. The van der Waals surface area contributed by atoms with Crippen molar-refractivity contribution in [3.63, 3.8) is 0 Å². The van der Waals surface area contributed by atoms with Crippen molar-refractivity contribution in [2.45, 2.75) is 45.1 Å². The Morgan fingerprint density at radius 2 is 1.92 bits per heavy atom. The van der Waals surface area contributed by atoms with E-state index in [9.17, 15) is 4.79 Å². The normalized spacial score (nSPS) is 10.5. The van der Waals surface area contributed by atoms with Gasteiger partial charge in [-0.05, 0) is 48.9 Å². The zero-order chi connectivity index (χ0) is 17.5. The maximum absolute atomic E-state index is 11.7. The highest BCUT2D eigenvalue weighted by Gasteiger charge is 2.13. The molecule has 2 aromatic rings. The summed E-state index contributed by atoms with van der Waals surface area (Å²) < 4.78 is 11.5. The van der Waals surface area contributed by atoms with Gasteiger partial charge in [-0.1, -0.05) is 32.0 Å². The predicted molar refractivity (Wildman–Crippen MR) is 99.0 cm³/mol. The molecule has 0 aliphatic heterocycles. The van der Waals surface area contributed by atoms with Crippen LogP contribution in [0.2, 0.25) is 0 Å². The highest BCUT2D eigenvalue weighted by molar-refractivity contribution is 7.98. The standard InChI is InChI=1S/C20H24O3S/c1-5-15-10-11-17(14(3)12-15)22-13-16-18(23-20(21)6-2)8-7-9-19(16)24-4/h7-12H,5-6,13H2,1-4H3. The third kappa shape index (κ3) is 4.54. The van der Waals surface area contributed by atoms with Crippen LogP contribution in [-0.4, -0.2) is 12.2 Å². The van der Waals surface area contributed by atoms with Crippen LogP contribution in [0.4, 0.5) is 0 Å². The third-order valence-corrected chi connectivity index (χ3v) is 4.66. The van der Waals surface area contributed by atoms with Gasteiger partial charge in [0.1, 0.15) is 18.1 Å². The van der Waals surface area contributed by atoms with Gasteiger partial charge < -0.3 is 9.47 Å². The molecule has 0 heterocycles. The molecule has 0 unspecified atom stereocenters. The molecule has 0 atom stereocenters. The SMILES string of the molecule is CCC(=O)Oc1cccc(SC)c1COc1ccc(CC)cc1C. The summed E-state index contributed by atoms with van der Waals surface area (Å²) in [5, 5.41) is 0. The van der Waals surface area contributed by atoms with Gasteiger partial charge in [0, 0.05) is 16.9 Å². The topological polar surface area (TPSA) is 35.5 Å². The molecule has 0 saturated carbocycles. The van der Waals surface area contributed by atoms with Crippen molar-refractivity contribution in [3.05, 3.63) is 53.1 Å². The van der Waals surface area contributed by atoms with Crippen LogP contribution in [-0.2, 0) is 17.8 Å². The maximum Gasteiger partial charge on any atom is 0.310 e. The fourth-order valence-electron chi connectivity index (χ4n) is 2.41. The Morgan fingerprint density at radius 3 is 2.54 bits per heavy atom. The van der Waals surface area contributed by atoms with Gasteiger partial charge in [0.15, 0.2) is 0 Å². The molecule has 0 aliphatic carbocycles. The molecule has 0 N–H and O–H groups in total. The first-order chi connectivity index (χ1) is 11.6. The average Bonchev–Trinajstić information content (AvgIpc) is 2.60. The van der Waals surface area contributed by atoms with E-state index in [1.54, 1.807) is 18.7 Å². The predicted octanol–water partition coefficient (Wildman–Crippen LogP) is 5.17. The van der Waals surface area contributed by atoms with Gasteiger partial charge in [-0.2, -0.15) is 0 Å². The van der Waals surface area contributed by atoms with Crippen molar-refractivity contribution in [3.8, 4) is 11.5 Å². The van der Waals surface area contributed by atoms with E-state index in [0.29, 0.717) is 18.8 Å². The highest BCUT2D eigenvalue weighted by atomic mass is 32.2. The lowest BCUT2D eigenvalue weighted by Crippen LogP contribution is -2.09. The third-order valence-electron chi connectivity index (χ3n) is 3.84. The van der Waals surface area contributed by atoms with Crippen LogP contribution in [0, 0.1) is 6.92 Å². The summed E-state index contributed by atoms with van der Waals surface area (Å²) in [7, 11) is 0. The van der Waals surface area contributed by atoms with Crippen LogP contribution in [0.25, 0.3) is 0 Å². The smallest absolute Gasteiger partial charge is 0.310 e. The minimum Gasteiger partial charge on any atom is -0.488 e. The van der Waals surface area contributed by atoms with E-state index in [1.165, 1.54) is 5.56 Å². The summed E-state index contributed by atoms with van der Waals surface area (Å²) in [6.45, 7) is 6.34. The Balaban J connectivity index is 2.23. The van der Waals surface area contributed by atoms with E-state index < -0.39 is 0 Å². The van der Waals surface area contributed by atoms with Crippen molar-refractivity contribution in [2.24, 2.45) is 0 Å². The van der Waals surface area contributed by atoms with Crippen LogP contribution < -0.4 is 9.47 Å². The molecule has 24 heavy (non-hydrogen) atoms. The molecule has 0 aromatic heterocycles. The van der Waals surface area contributed by atoms with Crippen molar-refractivity contribution in [2.75, 3.05) is 6.26 Å². The lowest BCUT2D eigenvalue weighted by molar-refractivity contribution is -0.134. The molecular formula is C20H24O3S. The van der Waals surface area contributed by atoms with Crippen LogP contribution in [0.5, 0.6) is 11.5 Å². The van der Waals surface area contributed by atoms with Gasteiger partial charge in [0.2, 0.25) is 0 Å². The second kappa shape index (κ2) is 8.78. The number of rotatable bonds is 7. The number of hydrogen-bond donors (Lipinski definition) is 0. The number of carbonyl (C=O) groups is 1. The summed E-state index contributed by atoms with van der Waals surface area (Å²) in [6.07, 6.45) is 3.36. The number of benzene rings is 2. The second-order valence-corrected chi connectivity index (χ2v) is 6.35. The molecule has 2 rings (SSSR count). The van der Waals surface area contributed by atoms with Crippen LogP contribution in [0.3, 0.4) is 0 Å². The molecule has 0 fully saturated rings. The van der Waals surface area contributed by atoms with Gasteiger partial charge in [-0.15, -0.1) is 11.8 Å². The number of hydrogen-bond acceptors (Lipinski definition) is 4. The fourth-order valence-corrected chi connectivity index (χ4v) is 3.03. The molecule has 3 nitrogen and oxygen atoms in total. The molecule has 0 radical (unpaired) electrons. The Morgan fingerprint density at radius 1 is 1.12 bits per heavy atom. The Labute approximate surface area is 148 Å². The first-order valence-electron chi connectivity index (χ1n) is 8.17. The Kier molecular flexibility index (Phi) is 6.73. The molecular weight excluding hydrogens is 320 g/mol. The van der Waals surface area contributed by atoms with Gasteiger partial charge in [0.25, 0.3) is 0 Å². The minimum atomic E-state index is -0.238. The van der Waals surface area contributed by atoms with Gasteiger partial charge in [-0.3, -0.25) is 4.79 Å². The van der Waals surface area contributed by atoms with Crippen molar-refractivity contribution >= 4 is 17.7 Å². The van der Waals surface area contributed by atoms with E-state index in [4.69, 9.17) is 9.47 Å². The van der Waals surface area contributed by atoms with E-state index in [-0.39, 0.29) is 5.97 Å². The summed E-state index contributed by atoms with van der Waals surface area (Å²) in [5.74, 6) is 1.20. The lowest BCUT2D eigenvalue weighted by atomic mass is 10.1. The molecule has 4 heteroatoms. The lowest BCUT2D eigenvalue weighted by Gasteiger charge is -2.15. The number of carbonyl (C=O) groups excluding carboxylic acids is 1. The largest absolute Gasteiger partial charge is 0.488 e. The van der Waals surface area contributed by atoms with Gasteiger partial charge >= 0.3 is 5.97 Å². The first kappa shape index (κ1) is 18.4. The number of aryl methyl sites for hydroxylation is 2. The van der Waals surface area contributed by atoms with Gasteiger partial charge in [-0.25, -0.2) is 0 Å². The van der Waals surface area contributed by atoms with Crippen LogP contribution in [0.15, 0.2) is 41.3 Å². The van der Waals surface area contributed by atoms with Gasteiger partial charge in [0.05, 0.1) is 0 Å². The minimum absolute atomic E-state index is 0.238. The number of esters is 1.